The van der Waals surface area contributed by atoms with Gasteiger partial charge in [0.1, 0.15) is 5.75 Å². The monoisotopic (exact) mass is 357 g/mol. The van der Waals surface area contributed by atoms with Gasteiger partial charge in [-0.3, -0.25) is 9.82 Å². The van der Waals surface area contributed by atoms with Crippen LogP contribution in [0.4, 0.5) is 18.9 Å². The summed E-state index contributed by atoms with van der Waals surface area (Å²) in [6.07, 6.45) is -3.39. The fraction of sp³-hybridized carbons (Fsp3) is 0.0714. The van der Waals surface area contributed by atoms with Gasteiger partial charge in [-0.05, 0) is 18.2 Å². The molecule has 2 aromatic carbocycles. The van der Waals surface area contributed by atoms with E-state index in [4.69, 9.17) is 0 Å². The van der Waals surface area contributed by atoms with Gasteiger partial charge in [0.15, 0.2) is 0 Å². The van der Waals surface area contributed by atoms with Crippen LogP contribution >= 0.6 is 0 Å². The van der Waals surface area contributed by atoms with Crippen LogP contribution < -0.4 is 9.46 Å². The highest BCUT2D eigenvalue weighted by molar-refractivity contribution is 7.92. The normalized spacial score (nSPS) is 12.3. The fourth-order valence-corrected chi connectivity index (χ4v) is 3.20. The Morgan fingerprint density at radius 1 is 1.12 bits per heavy atom. The van der Waals surface area contributed by atoms with E-state index < -0.39 is 22.1 Å². The number of aromatic nitrogens is 2. The molecule has 24 heavy (non-hydrogen) atoms. The third-order valence-corrected chi connectivity index (χ3v) is 4.43. The van der Waals surface area contributed by atoms with Gasteiger partial charge in [0.2, 0.25) is 0 Å². The molecule has 0 unspecified atom stereocenters. The minimum atomic E-state index is -4.91. The van der Waals surface area contributed by atoms with Gasteiger partial charge < -0.3 is 4.74 Å². The van der Waals surface area contributed by atoms with Crippen molar-refractivity contribution in [2.24, 2.45) is 0 Å². The van der Waals surface area contributed by atoms with Gasteiger partial charge in [0, 0.05) is 11.5 Å². The Morgan fingerprint density at radius 2 is 1.88 bits per heavy atom. The number of rotatable bonds is 4. The summed E-state index contributed by atoms with van der Waals surface area (Å²) in [5, 5.41) is 7.15. The van der Waals surface area contributed by atoms with Crippen LogP contribution in [0, 0.1) is 0 Å². The van der Waals surface area contributed by atoms with Crippen LogP contribution in [0.25, 0.3) is 10.9 Å². The molecule has 0 fully saturated rings. The first-order valence-corrected chi connectivity index (χ1v) is 8.04. The van der Waals surface area contributed by atoms with E-state index in [9.17, 15) is 21.6 Å². The molecule has 0 aliphatic heterocycles. The van der Waals surface area contributed by atoms with E-state index in [1.54, 1.807) is 12.1 Å². The maximum Gasteiger partial charge on any atom is 0.573 e. The summed E-state index contributed by atoms with van der Waals surface area (Å²) < 4.78 is 67.6. The smallest absolute Gasteiger partial charge is 0.406 e. The van der Waals surface area contributed by atoms with Crippen molar-refractivity contribution >= 4 is 26.6 Å². The number of nitrogens with zero attached hydrogens (tertiary/aromatic N) is 1. The summed E-state index contributed by atoms with van der Waals surface area (Å²) in [6.45, 7) is 0. The lowest BCUT2D eigenvalue weighted by atomic mass is 10.2. The number of para-hydroxylation sites is 1. The number of hydrogen-bond acceptors (Lipinski definition) is 4. The molecule has 0 atom stereocenters. The summed E-state index contributed by atoms with van der Waals surface area (Å²) in [5.74, 6) is -0.620. The number of halogens is 3. The highest BCUT2D eigenvalue weighted by atomic mass is 32.2. The summed E-state index contributed by atoms with van der Waals surface area (Å²) in [4.78, 5) is -0.360. The Hall–Kier alpha value is -2.75. The topological polar surface area (TPSA) is 84.1 Å². The Bertz CT molecular complexity index is 983. The minimum absolute atomic E-state index is 0.229. The molecule has 6 nitrogen and oxygen atoms in total. The van der Waals surface area contributed by atoms with E-state index in [0.29, 0.717) is 10.9 Å². The molecule has 0 spiro atoms. The molecule has 1 aromatic heterocycles. The van der Waals surface area contributed by atoms with E-state index in [-0.39, 0.29) is 10.6 Å². The largest absolute Gasteiger partial charge is 0.573 e. The van der Waals surface area contributed by atoms with E-state index in [0.717, 1.165) is 18.2 Å². The summed E-state index contributed by atoms with van der Waals surface area (Å²) >= 11 is 0. The number of hydrogen-bond donors (Lipinski definition) is 2. The van der Waals surface area contributed by atoms with Gasteiger partial charge in [-0.15, -0.1) is 13.2 Å². The standard InChI is InChI=1S/C14H10F3N3O3S/c15-14(16,17)23-10-4-2-5-11(7-10)24(21,22)20-12-6-1-3-9-8-18-19-13(9)12/h1-8,20H,(H,18,19). The van der Waals surface area contributed by atoms with E-state index in [2.05, 4.69) is 19.7 Å². The van der Waals surface area contributed by atoms with Crippen LogP contribution in [-0.4, -0.2) is 25.0 Å². The van der Waals surface area contributed by atoms with E-state index in [1.165, 1.54) is 18.3 Å². The molecule has 2 N–H and O–H groups in total. The summed E-state index contributed by atoms with van der Waals surface area (Å²) in [6, 6.07) is 9.00. The summed E-state index contributed by atoms with van der Waals surface area (Å²) in [7, 11) is -4.11. The Kier molecular flexibility index (Phi) is 3.84. The van der Waals surface area contributed by atoms with Gasteiger partial charge >= 0.3 is 6.36 Å². The molecule has 0 aliphatic carbocycles. The maximum atomic E-state index is 12.4. The molecule has 0 saturated heterocycles. The number of ether oxygens (including phenoxy) is 1. The number of alkyl halides is 3. The highest BCUT2D eigenvalue weighted by Gasteiger charge is 2.31. The first-order chi connectivity index (χ1) is 11.2. The Labute approximate surface area is 134 Å². The molecule has 0 amide bonds. The lowest BCUT2D eigenvalue weighted by Gasteiger charge is -2.12. The van der Waals surface area contributed by atoms with Crippen LogP contribution in [0.15, 0.2) is 53.6 Å². The first-order valence-electron chi connectivity index (χ1n) is 6.55. The zero-order valence-corrected chi connectivity index (χ0v) is 12.6. The van der Waals surface area contributed by atoms with Crippen LogP contribution in [0.3, 0.4) is 0 Å². The first kappa shape index (κ1) is 16.1. The van der Waals surface area contributed by atoms with Gasteiger partial charge in [-0.2, -0.15) is 5.10 Å². The lowest BCUT2D eigenvalue weighted by molar-refractivity contribution is -0.274. The van der Waals surface area contributed by atoms with Crippen molar-refractivity contribution in [3.05, 3.63) is 48.7 Å². The number of nitrogens with one attached hydrogen (secondary N) is 2. The molecule has 0 aliphatic rings. The van der Waals surface area contributed by atoms with Crippen molar-refractivity contribution in [2.45, 2.75) is 11.3 Å². The number of benzene rings is 2. The predicted molar refractivity (Wildman–Crippen MR) is 80.0 cm³/mol. The molecule has 10 heteroatoms. The van der Waals surface area contributed by atoms with Gasteiger partial charge in [0.25, 0.3) is 10.0 Å². The van der Waals surface area contributed by atoms with Crippen molar-refractivity contribution < 1.29 is 26.3 Å². The third kappa shape index (κ3) is 3.43. The molecule has 0 radical (unpaired) electrons. The fourth-order valence-electron chi connectivity index (χ4n) is 2.10. The van der Waals surface area contributed by atoms with E-state index in [1.807, 2.05) is 0 Å². The Morgan fingerprint density at radius 3 is 2.62 bits per heavy atom. The van der Waals surface area contributed by atoms with Gasteiger partial charge in [-0.1, -0.05) is 18.2 Å². The number of sulfonamides is 1. The van der Waals surface area contributed by atoms with E-state index >= 15 is 0 Å². The molecule has 0 saturated carbocycles. The molecule has 1 heterocycles. The SMILES string of the molecule is O=S(=O)(Nc1cccc2cn[nH]c12)c1cccc(OC(F)(F)F)c1. The van der Waals surface area contributed by atoms with Crippen LogP contribution in [0.1, 0.15) is 0 Å². The Balaban J connectivity index is 1.93. The molecule has 3 aromatic rings. The molecular weight excluding hydrogens is 347 g/mol. The highest BCUT2D eigenvalue weighted by Crippen LogP contribution is 2.27. The number of anilines is 1. The third-order valence-electron chi connectivity index (χ3n) is 3.07. The van der Waals surface area contributed by atoms with Crippen molar-refractivity contribution in [3.8, 4) is 5.75 Å². The second-order valence-corrected chi connectivity index (χ2v) is 6.45. The zero-order chi connectivity index (χ0) is 17.4. The average molecular weight is 357 g/mol. The summed E-state index contributed by atoms with van der Waals surface area (Å²) in [5.41, 5.74) is 0.691. The van der Waals surface area contributed by atoms with Crippen LogP contribution in [0.5, 0.6) is 5.75 Å². The van der Waals surface area contributed by atoms with Crippen molar-refractivity contribution in [1.29, 1.82) is 0 Å². The number of fused-ring (bicyclic) bond motifs is 1. The molecule has 126 valence electrons. The molecular formula is C14H10F3N3O3S. The molecule has 3 rings (SSSR count). The van der Waals surface area contributed by atoms with Crippen LogP contribution in [-0.2, 0) is 10.0 Å². The van der Waals surface area contributed by atoms with Gasteiger partial charge in [0.05, 0.1) is 22.3 Å². The number of aromatic amines is 1. The zero-order valence-electron chi connectivity index (χ0n) is 11.8. The van der Waals surface area contributed by atoms with Crippen LogP contribution in [0.2, 0.25) is 0 Å². The van der Waals surface area contributed by atoms with Crippen molar-refractivity contribution in [1.82, 2.24) is 10.2 Å². The van der Waals surface area contributed by atoms with Crippen molar-refractivity contribution in [2.75, 3.05) is 4.72 Å². The maximum absolute atomic E-state index is 12.4. The quantitative estimate of drug-likeness (QED) is 0.751. The average Bonchev–Trinajstić information content (AvgIpc) is 2.95. The second kappa shape index (κ2) is 5.71. The molecule has 0 bridgehead atoms. The van der Waals surface area contributed by atoms with Crippen molar-refractivity contribution in [3.63, 3.8) is 0 Å². The predicted octanol–water partition coefficient (Wildman–Crippen LogP) is 3.26. The lowest BCUT2D eigenvalue weighted by Crippen LogP contribution is -2.18. The minimum Gasteiger partial charge on any atom is -0.406 e. The second-order valence-electron chi connectivity index (χ2n) is 4.77. The van der Waals surface area contributed by atoms with Gasteiger partial charge in [-0.25, -0.2) is 8.42 Å². The number of H-pyrrole nitrogens is 1.